The Morgan fingerprint density at radius 1 is 0.769 bits per heavy atom. The number of anilines is 1. The van der Waals surface area contributed by atoms with Crippen molar-refractivity contribution < 1.29 is 33.5 Å². The van der Waals surface area contributed by atoms with Crippen LogP contribution in [0.2, 0.25) is 10.0 Å². The number of benzene rings is 3. The average Bonchev–Trinajstić information content (AvgIpc) is 3.17. The molecule has 0 saturated carbocycles. The normalized spacial score (nSPS) is 18.1. The minimum absolute atomic E-state index is 0.0324. The Morgan fingerprint density at radius 2 is 1.41 bits per heavy atom. The molecule has 11 nitrogen and oxygen atoms in total. The van der Waals surface area contributed by atoms with Crippen molar-refractivity contribution in [1.82, 2.24) is 4.90 Å². The quantitative estimate of drug-likeness (QED) is 0.173. The lowest BCUT2D eigenvalue weighted by Gasteiger charge is -2.50. The van der Waals surface area contributed by atoms with E-state index in [1.807, 2.05) is 0 Å². The number of carbonyl (C=O) groups excluding carboxylic acids is 3. The fourth-order valence-corrected chi connectivity index (χ4v) is 5.16. The molecule has 0 aromatic heterocycles. The van der Waals surface area contributed by atoms with Crippen LogP contribution in [0.15, 0.2) is 48.5 Å². The summed E-state index contributed by atoms with van der Waals surface area (Å²) in [7, 11) is 4.30. The molecule has 39 heavy (non-hydrogen) atoms. The smallest absolute Gasteiger partial charge is 0.270 e. The number of non-ortho nitro benzene ring substituents is 1. The van der Waals surface area contributed by atoms with Gasteiger partial charge < -0.3 is 19.1 Å². The van der Waals surface area contributed by atoms with Gasteiger partial charge in [-0.15, -0.1) is 0 Å². The molecule has 0 bridgehead atoms. The summed E-state index contributed by atoms with van der Waals surface area (Å²) in [6.45, 7) is 0. The second kappa shape index (κ2) is 9.75. The molecule has 13 heteroatoms. The SMILES string of the molecule is COc1cc(C2C(N3C(=O)c4ccc([N+](=O)[O-])cc4C3=O)C(=O)N2c2ccc(Cl)c(Cl)c2)cc(OC)c1OC. The van der Waals surface area contributed by atoms with Crippen LogP contribution in [-0.4, -0.2) is 54.9 Å². The largest absolute Gasteiger partial charge is 0.493 e. The molecule has 0 radical (unpaired) electrons. The molecular weight excluding hydrogens is 553 g/mol. The first-order valence-electron chi connectivity index (χ1n) is 11.4. The van der Waals surface area contributed by atoms with Crippen molar-refractivity contribution in [1.29, 1.82) is 0 Å². The van der Waals surface area contributed by atoms with Gasteiger partial charge in [-0.2, -0.15) is 0 Å². The maximum atomic E-state index is 13.7. The van der Waals surface area contributed by atoms with E-state index in [1.165, 1.54) is 44.4 Å². The molecule has 5 rings (SSSR count). The highest BCUT2D eigenvalue weighted by molar-refractivity contribution is 6.42. The van der Waals surface area contributed by atoms with E-state index in [2.05, 4.69) is 0 Å². The zero-order chi connectivity index (χ0) is 28.2. The minimum Gasteiger partial charge on any atom is -0.493 e. The summed E-state index contributed by atoms with van der Waals surface area (Å²) in [6.07, 6.45) is 0. The summed E-state index contributed by atoms with van der Waals surface area (Å²) >= 11 is 12.3. The first kappa shape index (κ1) is 26.3. The van der Waals surface area contributed by atoms with Crippen LogP contribution in [0.3, 0.4) is 0 Å². The number of imide groups is 1. The fourth-order valence-electron chi connectivity index (χ4n) is 4.87. The van der Waals surface area contributed by atoms with Crippen LogP contribution in [0.5, 0.6) is 17.2 Å². The van der Waals surface area contributed by atoms with Crippen LogP contribution in [0.4, 0.5) is 11.4 Å². The second-order valence-corrected chi connectivity index (χ2v) is 9.44. The van der Waals surface area contributed by atoms with E-state index >= 15 is 0 Å². The summed E-state index contributed by atoms with van der Waals surface area (Å²) in [4.78, 5) is 53.3. The fraction of sp³-hybridized carbons (Fsp3) is 0.192. The number of nitrogens with zero attached hydrogens (tertiary/aromatic N) is 3. The molecule has 2 aliphatic heterocycles. The molecule has 2 atom stereocenters. The van der Waals surface area contributed by atoms with Gasteiger partial charge in [-0.1, -0.05) is 23.2 Å². The van der Waals surface area contributed by atoms with Gasteiger partial charge in [-0.25, -0.2) is 0 Å². The van der Waals surface area contributed by atoms with Crippen molar-refractivity contribution >= 4 is 52.3 Å². The van der Waals surface area contributed by atoms with E-state index < -0.39 is 34.7 Å². The first-order valence-corrected chi connectivity index (χ1v) is 12.1. The Hall–Kier alpha value is -4.35. The Bertz CT molecular complexity index is 1550. The molecular formula is C26H19Cl2N3O8. The molecule has 2 heterocycles. The van der Waals surface area contributed by atoms with E-state index in [4.69, 9.17) is 37.4 Å². The van der Waals surface area contributed by atoms with Gasteiger partial charge in [-0.05, 0) is 42.0 Å². The number of fused-ring (bicyclic) bond motifs is 1. The Kier molecular flexibility index (Phi) is 6.57. The van der Waals surface area contributed by atoms with Crippen LogP contribution in [0.1, 0.15) is 32.3 Å². The minimum atomic E-state index is -1.28. The summed E-state index contributed by atoms with van der Waals surface area (Å²) in [5.74, 6) is -1.25. The monoisotopic (exact) mass is 571 g/mol. The molecule has 1 fully saturated rings. The molecule has 0 N–H and O–H groups in total. The lowest BCUT2D eigenvalue weighted by atomic mass is 9.86. The van der Waals surface area contributed by atoms with Gasteiger partial charge in [0.05, 0.1) is 53.5 Å². The maximum absolute atomic E-state index is 13.7. The molecule has 2 unspecified atom stereocenters. The molecule has 0 spiro atoms. The Labute approximate surface area is 231 Å². The van der Waals surface area contributed by atoms with Crippen LogP contribution in [-0.2, 0) is 4.79 Å². The van der Waals surface area contributed by atoms with Crippen molar-refractivity contribution in [2.24, 2.45) is 0 Å². The molecule has 2 aliphatic rings. The summed E-state index contributed by atoms with van der Waals surface area (Å²) in [5, 5.41) is 11.7. The molecule has 3 amide bonds. The van der Waals surface area contributed by atoms with E-state index in [0.717, 1.165) is 17.0 Å². The number of amides is 3. The molecule has 1 saturated heterocycles. The van der Waals surface area contributed by atoms with Crippen molar-refractivity contribution in [2.75, 3.05) is 26.2 Å². The van der Waals surface area contributed by atoms with Gasteiger partial charge >= 0.3 is 0 Å². The number of nitro benzene ring substituents is 1. The van der Waals surface area contributed by atoms with Crippen molar-refractivity contribution in [3.8, 4) is 17.2 Å². The van der Waals surface area contributed by atoms with E-state index in [0.29, 0.717) is 17.0 Å². The highest BCUT2D eigenvalue weighted by Crippen LogP contribution is 2.49. The number of halogens is 2. The number of carbonyl (C=O) groups is 3. The first-order chi connectivity index (χ1) is 18.6. The summed E-state index contributed by atoms with van der Waals surface area (Å²) in [5.41, 5.74) is 0.295. The van der Waals surface area contributed by atoms with Crippen molar-refractivity contribution in [3.63, 3.8) is 0 Å². The van der Waals surface area contributed by atoms with Crippen LogP contribution in [0, 0.1) is 10.1 Å². The van der Waals surface area contributed by atoms with Gasteiger partial charge in [0.2, 0.25) is 5.75 Å². The Morgan fingerprint density at radius 3 is 1.97 bits per heavy atom. The molecule has 3 aromatic rings. The standard InChI is InChI=1S/C26H19Cl2N3O8/c1-37-19-8-12(9-20(38-2)23(19)39-3)21-22(26(34)29(21)13-5-7-17(27)18(28)11-13)30-24(32)15-6-4-14(31(35)36)10-16(15)25(30)33/h4-11,21-22H,1-3H3. The van der Waals surface area contributed by atoms with Crippen LogP contribution < -0.4 is 19.1 Å². The van der Waals surface area contributed by atoms with Crippen molar-refractivity contribution in [2.45, 2.75) is 12.1 Å². The van der Waals surface area contributed by atoms with Crippen LogP contribution in [0.25, 0.3) is 0 Å². The van der Waals surface area contributed by atoms with Gasteiger partial charge in [0.25, 0.3) is 23.4 Å². The highest BCUT2D eigenvalue weighted by Gasteiger charge is 2.57. The van der Waals surface area contributed by atoms with Gasteiger partial charge in [-0.3, -0.25) is 29.4 Å². The lowest BCUT2D eigenvalue weighted by Crippen LogP contribution is -2.67. The third-order valence-corrected chi connectivity index (χ3v) is 7.41. The number of hydrogen-bond donors (Lipinski definition) is 0. The van der Waals surface area contributed by atoms with E-state index in [1.54, 1.807) is 18.2 Å². The van der Waals surface area contributed by atoms with Gasteiger partial charge in [0.15, 0.2) is 11.5 Å². The van der Waals surface area contributed by atoms with Crippen LogP contribution >= 0.6 is 23.2 Å². The number of methoxy groups -OCH3 is 3. The third kappa shape index (κ3) is 4.01. The number of rotatable bonds is 7. The van der Waals surface area contributed by atoms with E-state index in [-0.39, 0.29) is 38.4 Å². The summed E-state index contributed by atoms with van der Waals surface area (Å²) in [6, 6.07) is 9.01. The predicted molar refractivity (Wildman–Crippen MR) is 140 cm³/mol. The highest BCUT2D eigenvalue weighted by atomic mass is 35.5. The second-order valence-electron chi connectivity index (χ2n) is 8.62. The summed E-state index contributed by atoms with van der Waals surface area (Å²) < 4.78 is 16.3. The number of ether oxygens (including phenoxy) is 3. The molecule has 3 aromatic carbocycles. The molecule has 0 aliphatic carbocycles. The van der Waals surface area contributed by atoms with Gasteiger partial charge in [0, 0.05) is 17.8 Å². The van der Waals surface area contributed by atoms with E-state index in [9.17, 15) is 24.5 Å². The number of hydrogen-bond acceptors (Lipinski definition) is 8. The lowest BCUT2D eigenvalue weighted by molar-refractivity contribution is -0.384. The zero-order valence-electron chi connectivity index (χ0n) is 20.6. The average molecular weight is 572 g/mol. The predicted octanol–water partition coefficient (Wildman–Crippen LogP) is 4.68. The topological polar surface area (TPSA) is 129 Å². The number of nitro groups is 1. The zero-order valence-corrected chi connectivity index (χ0v) is 22.1. The maximum Gasteiger partial charge on any atom is 0.270 e. The Balaban J connectivity index is 1.65. The van der Waals surface area contributed by atoms with Crippen molar-refractivity contribution in [3.05, 3.63) is 85.4 Å². The van der Waals surface area contributed by atoms with Gasteiger partial charge in [0.1, 0.15) is 6.04 Å². The number of β-lactam (4-membered cyclic amide) rings is 1. The molecule has 200 valence electrons. The third-order valence-electron chi connectivity index (χ3n) is 6.67.